The average molecular weight is 274 g/mol. The molecule has 5 nitrogen and oxygen atoms in total. The summed E-state index contributed by atoms with van der Waals surface area (Å²) in [6.45, 7) is 1.89. The number of aromatic nitrogens is 2. The number of aromatic carboxylic acids is 1. The van der Waals surface area contributed by atoms with Gasteiger partial charge in [-0.2, -0.15) is 0 Å². The number of benzene rings is 1. The lowest BCUT2D eigenvalue weighted by Crippen LogP contribution is -1.91. The lowest BCUT2D eigenvalue weighted by Gasteiger charge is -2.01. The lowest BCUT2D eigenvalue weighted by atomic mass is 10.1. The molecule has 102 valence electrons. The van der Waals surface area contributed by atoms with Crippen LogP contribution in [0.5, 0.6) is 0 Å². The summed E-state index contributed by atoms with van der Waals surface area (Å²) in [7, 11) is 1.77. The number of carbonyl (C=O) groups is 1. The van der Waals surface area contributed by atoms with E-state index in [2.05, 4.69) is 5.16 Å². The Morgan fingerprint density at radius 1 is 1.40 bits per heavy atom. The molecule has 0 radical (unpaired) electrons. The van der Waals surface area contributed by atoms with E-state index in [0.29, 0.717) is 16.8 Å². The molecular weight excluding hydrogens is 263 g/mol. The number of hydrogen-bond donors (Lipinski definition) is 1. The summed E-state index contributed by atoms with van der Waals surface area (Å²) in [6, 6.07) is 4.38. The normalized spacial score (nSPS) is 11.2. The topological polar surface area (TPSA) is 68.3 Å². The first-order valence-corrected chi connectivity index (χ1v) is 5.93. The molecule has 6 heteroatoms. The second kappa shape index (κ2) is 4.19. The van der Waals surface area contributed by atoms with Crippen LogP contribution in [-0.2, 0) is 7.05 Å². The summed E-state index contributed by atoms with van der Waals surface area (Å²) >= 11 is 0. The molecule has 0 spiro atoms. The van der Waals surface area contributed by atoms with Gasteiger partial charge >= 0.3 is 5.97 Å². The number of carboxylic acid groups (broad SMARTS) is 1. The zero-order chi connectivity index (χ0) is 14.4. The third kappa shape index (κ3) is 1.77. The predicted molar refractivity (Wildman–Crippen MR) is 70.1 cm³/mol. The van der Waals surface area contributed by atoms with Crippen LogP contribution in [-0.4, -0.2) is 20.8 Å². The average Bonchev–Trinajstić information content (AvgIpc) is 2.95. The summed E-state index contributed by atoms with van der Waals surface area (Å²) in [6.07, 6.45) is 1.84. The molecule has 0 bridgehead atoms. The number of carboxylic acids is 1. The highest BCUT2D eigenvalue weighted by atomic mass is 19.1. The minimum absolute atomic E-state index is 0.273. The Morgan fingerprint density at radius 2 is 2.15 bits per heavy atom. The maximum Gasteiger partial charge on any atom is 0.374 e. The minimum atomic E-state index is -1.21. The van der Waals surface area contributed by atoms with Gasteiger partial charge in [0.05, 0.1) is 5.52 Å². The summed E-state index contributed by atoms with van der Waals surface area (Å²) in [4.78, 5) is 10.8. The molecule has 0 aliphatic heterocycles. The number of hydrogen-bond acceptors (Lipinski definition) is 3. The van der Waals surface area contributed by atoms with Crippen LogP contribution < -0.4 is 0 Å². The standard InChI is InChI=1S/C14H11FN2O3/c1-7-6-17(2)13-9(7)3-8(4-10(13)15)11-5-12(14(18)19)20-16-11/h3-6H,1-2H3,(H,18,19). The summed E-state index contributed by atoms with van der Waals surface area (Å²) < 4.78 is 20.6. The van der Waals surface area contributed by atoms with Crippen molar-refractivity contribution in [3.63, 3.8) is 0 Å². The third-order valence-electron chi connectivity index (χ3n) is 3.24. The summed E-state index contributed by atoms with van der Waals surface area (Å²) in [5, 5.41) is 13.2. The molecule has 2 heterocycles. The second-order valence-corrected chi connectivity index (χ2v) is 4.66. The van der Waals surface area contributed by atoms with E-state index in [1.54, 1.807) is 17.7 Å². The zero-order valence-electron chi connectivity index (χ0n) is 10.8. The molecule has 2 aromatic heterocycles. The van der Waals surface area contributed by atoms with Crippen molar-refractivity contribution < 1.29 is 18.8 Å². The van der Waals surface area contributed by atoms with Crippen LogP contribution in [0.4, 0.5) is 4.39 Å². The van der Waals surface area contributed by atoms with Crippen LogP contribution in [0.3, 0.4) is 0 Å². The molecule has 0 fully saturated rings. The Labute approximate surface area is 113 Å². The molecule has 0 aliphatic rings. The van der Waals surface area contributed by atoms with E-state index in [1.807, 2.05) is 13.1 Å². The van der Waals surface area contributed by atoms with Gasteiger partial charge in [-0.1, -0.05) is 5.16 Å². The Morgan fingerprint density at radius 3 is 2.80 bits per heavy atom. The van der Waals surface area contributed by atoms with Crippen molar-refractivity contribution in [3.8, 4) is 11.3 Å². The van der Waals surface area contributed by atoms with Crippen LogP contribution in [0.25, 0.3) is 22.2 Å². The Kier molecular flexibility index (Phi) is 2.60. The first-order valence-electron chi connectivity index (χ1n) is 5.93. The van der Waals surface area contributed by atoms with Gasteiger partial charge in [0, 0.05) is 30.3 Å². The molecule has 0 atom stereocenters. The molecule has 3 rings (SSSR count). The van der Waals surface area contributed by atoms with E-state index in [0.717, 1.165) is 10.9 Å². The van der Waals surface area contributed by atoms with Gasteiger partial charge < -0.3 is 14.2 Å². The fraction of sp³-hybridized carbons (Fsp3) is 0.143. The molecule has 0 aliphatic carbocycles. The van der Waals surface area contributed by atoms with Crippen molar-refractivity contribution >= 4 is 16.9 Å². The zero-order valence-corrected chi connectivity index (χ0v) is 10.8. The minimum Gasteiger partial charge on any atom is -0.475 e. The molecular formula is C14H11FN2O3. The smallest absolute Gasteiger partial charge is 0.374 e. The van der Waals surface area contributed by atoms with Gasteiger partial charge in [-0.05, 0) is 24.6 Å². The first kappa shape index (κ1) is 12.4. The number of rotatable bonds is 2. The fourth-order valence-electron chi connectivity index (χ4n) is 2.34. The quantitative estimate of drug-likeness (QED) is 0.780. The van der Waals surface area contributed by atoms with Gasteiger partial charge in [-0.3, -0.25) is 0 Å². The van der Waals surface area contributed by atoms with Gasteiger partial charge in [0.25, 0.3) is 0 Å². The van der Waals surface area contributed by atoms with Gasteiger partial charge in [0.1, 0.15) is 11.5 Å². The summed E-state index contributed by atoms with van der Waals surface area (Å²) in [5.41, 5.74) is 2.23. The van der Waals surface area contributed by atoms with E-state index >= 15 is 0 Å². The Hall–Kier alpha value is -2.63. The molecule has 0 saturated heterocycles. The molecule has 20 heavy (non-hydrogen) atoms. The first-order chi connectivity index (χ1) is 9.47. The van der Waals surface area contributed by atoms with Crippen LogP contribution in [0.1, 0.15) is 16.1 Å². The van der Waals surface area contributed by atoms with E-state index < -0.39 is 5.97 Å². The van der Waals surface area contributed by atoms with Crippen LogP contribution >= 0.6 is 0 Å². The van der Waals surface area contributed by atoms with Crippen molar-refractivity contribution in [1.29, 1.82) is 0 Å². The molecule has 1 aromatic carbocycles. The third-order valence-corrected chi connectivity index (χ3v) is 3.24. The van der Waals surface area contributed by atoms with Crippen molar-refractivity contribution in [2.75, 3.05) is 0 Å². The van der Waals surface area contributed by atoms with Crippen molar-refractivity contribution in [2.45, 2.75) is 6.92 Å². The largest absolute Gasteiger partial charge is 0.475 e. The Bertz CT molecular complexity index is 832. The van der Waals surface area contributed by atoms with Gasteiger partial charge in [-0.25, -0.2) is 9.18 Å². The van der Waals surface area contributed by atoms with Crippen LogP contribution in [0.15, 0.2) is 28.9 Å². The molecule has 0 saturated carbocycles. The maximum absolute atomic E-state index is 14.2. The van der Waals surface area contributed by atoms with Crippen molar-refractivity contribution in [2.24, 2.45) is 7.05 Å². The Balaban J connectivity index is 2.21. The van der Waals surface area contributed by atoms with Crippen molar-refractivity contribution in [1.82, 2.24) is 9.72 Å². The number of aryl methyl sites for hydroxylation is 2. The van der Waals surface area contributed by atoms with Crippen molar-refractivity contribution in [3.05, 3.63) is 41.5 Å². The number of fused-ring (bicyclic) bond motifs is 1. The predicted octanol–water partition coefficient (Wildman–Crippen LogP) is 2.98. The number of nitrogens with zero attached hydrogens (tertiary/aromatic N) is 2. The molecule has 3 aromatic rings. The van der Waals surface area contributed by atoms with E-state index in [1.165, 1.54) is 12.1 Å². The number of halogens is 1. The van der Waals surface area contributed by atoms with Crippen LogP contribution in [0.2, 0.25) is 0 Å². The van der Waals surface area contributed by atoms with Crippen LogP contribution in [0, 0.1) is 12.7 Å². The molecule has 1 N–H and O–H groups in total. The lowest BCUT2D eigenvalue weighted by molar-refractivity contribution is 0.0652. The summed E-state index contributed by atoms with van der Waals surface area (Å²) in [5.74, 6) is -1.86. The molecule has 0 amide bonds. The van der Waals surface area contributed by atoms with E-state index in [-0.39, 0.29) is 11.6 Å². The fourth-order valence-corrected chi connectivity index (χ4v) is 2.34. The SMILES string of the molecule is Cc1cn(C)c2c(F)cc(-c3cc(C(=O)O)on3)cc12. The maximum atomic E-state index is 14.2. The van der Waals surface area contributed by atoms with E-state index in [4.69, 9.17) is 9.63 Å². The second-order valence-electron chi connectivity index (χ2n) is 4.66. The van der Waals surface area contributed by atoms with E-state index in [9.17, 15) is 9.18 Å². The van der Waals surface area contributed by atoms with Gasteiger partial charge in [-0.15, -0.1) is 0 Å². The highest BCUT2D eigenvalue weighted by Crippen LogP contribution is 2.29. The monoisotopic (exact) mass is 274 g/mol. The highest BCUT2D eigenvalue weighted by molar-refractivity contribution is 5.90. The van der Waals surface area contributed by atoms with Gasteiger partial charge in [0.2, 0.25) is 5.76 Å². The highest BCUT2D eigenvalue weighted by Gasteiger charge is 2.16. The van der Waals surface area contributed by atoms with Gasteiger partial charge in [0.15, 0.2) is 0 Å². The molecule has 0 unspecified atom stereocenters.